The maximum Gasteiger partial charge on any atom is 0.150 e. The molecule has 2 aromatic carbocycles. The summed E-state index contributed by atoms with van der Waals surface area (Å²) in [6.07, 6.45) is 0. The molecule has 0 saturated heterocycles. The smallest absolute Gasteiger partial charge is 0.150 e. The van der Waals surface area contributed by atoms with Crippen LogP contribution in [-0.4, -0.2) is 0 Å². The molecule has 0 fully saturated rings. The molecule has 100 valence electrons. The highest BCUT2D eigenvalue weighted by molar-refractivity contribution is 6.33. The first-order valence-corrected chi connectivity index (χ1v) is 6.05. The molecule has 0 aliphatic rings. The third-order valence-corrected chi connectivity index (χ3v) is 3.14. The number of benzene rings is 2. The number of nitrogens with one attached hydrogen (secondary N) is 1. The van der Waals surface area contributed by atoms with Crippen molar-refractivity contribution in [1.29, 1.82) is 0 Å². The van der Waals surface area contributed by atoms with E-state index in [9.17, 15) is 13.2 Å². The van der Waals surface area contributed by atoms with E-state index < -0.39 is 17.5 Å². The number of hydrogen-bond acceptors (Lipinski definition) is 1. The highest BCUT2D eigenvalue weighted by atomic mass is 35.5. The van der Waals surface area contributed by atoms with Gasteiger partial charge in [-0.15, -0.1) is 0 Å². The van der Waals surface area contributed by atoms with Gasteiger partial charge in [-0.2, -0.15) is 0 Å². The zero-order chi connectivity index (χ0) is 14.0. The van der Waals surface area contributed by atoms with Crippen molar-refractivity contribution in [2.24, 2.45) is 0 Å². The van der Waals surface area contributed by atoms with E-state index in [4.69, 9.17) is 23.2 Å². The van der Waals surface area contributed by atoms with Gasteiger partial charge >= 0.3 is 0 Å². The van der Waals surface area contributed by atoms with Crippen molar-refractivity contribution in [2.45, 2.75) is 6.54 Å². The first-order valence-electron chi connectivity index (χ1n) is 5.29. The molecule has 0 spiro atoms. The molecule has 0 bridgehead atoms. The van der Waals surface area contributed by atoms with E-state index in [1.807, 2.05) is 0 Å². The van der Waals surface area contributed by atoms with E-state index >= 15 is 0 Å². The van der Waals surface area contributed by atoms with Gasteiger partial charge in [0.2, 0.25) is 0 Å². The lowest BCUT2D eigenvalue weighted by Gasteiger charge is -2.11. The maximum atomic E-state index is 13.5. The minimum absolute atomic E-state index is 0.0524. The van der Waals surface area contributed by atoms with Crippen LogP contribution in [0, 0.1) is 17.5 Å². The van der Waals surface area contributed by atoms with Gasteiger partial charge in [-0.25, -0.2) is 13.2 Å². The van der Waals surface area contributed by atoms with Gasteiger partial charge in [0.1, 0.15) is 11.6 Å². The van der Waals surface area contributed by atoms with Crippen LogP contribution in [0.4, 0.5) is 18.9 Å². The van der Waals surface area contributed by atoms with Crippen LogP contribution >= 0.6 is 23.2 Å². The van der Waals surface area contributed by atoms with Gasteiger partial charge in [-0.05, 0) is 29.8 Å². The third-order valence-electron chi connectivity index (χ3n) is 2.47. The lowest BCUT2D eigenvalue weighted by atomic mass is 10.2. The Bertz CT molecular complexity index is 594. The molecule has 1 N–H and O–H groups in total. The summed E-state index contributed by atoms with van der Waals surface area (Å²) in [4.78, 5) is 0. The Morgan fingerprint density at radius 2 is 1.63 bits per heavy atom. The van der Waals surface area contributed by atoms with E-state index in [1.54, 1.807) is 0 Å². The summed E-state index contributed by atoms with van der Waals surface area (Å²) in [6, 6.07) is 5.54. The van der Waals surface area contributed by atoms with Crippen molar-refractivity contribution in [3.8, 4) is 0 Å². The highest BCUT2D eigenvalue weighted by Gasteiger charge is 2.10. The molecule has 0 heterocycles. The van der Waals surface area contributed by atoms with Gasteiger partial charge in [-0.3, -0.25) is 0 Å². The summed E-state index contributed by atoms with van der Waals surface area (Å²) in [5.74, 6) is -2.04. The molecule has 0 aromatic heterocycles. The van der Waals surface area contributed by atoms with E-state index in [-0.39, 0.29) is 17.3 Å². The van der Waals surface area contributed by atoms with Crippen molar-refractivity contribution < 1.29 is 13.2 Å². The molecule has 0 saturated carbocycles. The maximum absolute atomic E-state index is 13.5. The molecule has 0 aliphatic heterocycles. The van der Waals surface area contributed by atoms with Crippen LogP contribution in [0.25, 0.3) is 0 Å². The Morgan fingerprint density at radius 3 is 2.32 bits per heavy atom. The quantitative estimate of drug-likeness (QED) is 0.839. The van der Waals surface area contributed by atoms with Gasteiger partial charge in [0, 0.05) is 17.6 Å². The number of hydrogen-bond donors (Lipinski definition) is 1. The van der Waals surface area contributed by atoms with Crippen molar-refractivity contribution in [1.82, 2.24) is 0 Å². The van der Waals surface area contributed by atoms with Crippen LogP contribution < -0.4 is 5.32 Å². The van der Waals surface area contributed by atoms with Crippen LogP contribution in [0.3, 0.4) is 0 Å². The molecular formula is C13H8Cl2F3N. The normalized spacial score (nSPS) is 10.6. The second kappa shape index (κ2) is 5.72. The Balaban J connectivity index is 2.21. The third kappa shape index (κ3) is 3.33. The molecule has 0 unspecified atom stereocenters. The second-order valence-electron chi connectivity index (χ2n) is 3.83. The van der Waals surface area contributed by atoms with Crippen LogP contribution in [0.15, 0.2) is 30.3 Å². The number of anilines is 1. The minimum Gasteiger partial charge on any atom is -0.377 e. The SMILES string of the molecule is Fc1cc(F)c(NCc2cc(F)ccc2Cl)c(Cl)c1. The molecule has 0 amide bonds. The fraction of sp³-hybridized carbons (Fsp3) is 0.0769. The van der Waals surface area contributed by atoms with Crippen molar-refractivity contribution in [2.75, 3.05) is 5.32 Å². The Labute approximate surface area is 118 Å². The topological polar surface area (TPSA) is 12.0 Å². The van der Waals surface area contributed by atoms with E-state index in [0.717, 1.165) is 6.07 Å². The molecule has 1 nitrogen and oxygen atoms in total. The molecule has 6 heteroatoms. The Hall–Kier alpha value is -1.39. The predicted octanol–water partition coefficient (Wildman–Crippen LogP) is 5.02. The van der Waals surface area contributed by atoms with Crippen molar-refractivity contribution >= 4 is 28.9 Å². The van der Waals surface area contributed by atoms with E-state index in [2.05, 4.69) is 5.32 Å². The van der Waals surface area contributed by atoms with Gasteiger partial charge in [0.25, 0.3) is 0 Å². The van der Waals surface area contributed by atoms with Gasteiger partial charge in [0.05, 0.1) is 10.7 Å². The van der Waals surface area contributed by atoms with Crippen LogP contribution in [0.1, 0.15) is 5.56 Å². The summed E-state index contributed by atoms with van der Waals surface area (Å²) in [5.41, 5.74) is 0.393. The van der Waals surface area contributed by atoms with Gasteiger partial charge in [0.15, 0.2) is 5.82 Å². The lowest BCUT2D eigenvalue weighted by Crippen LogP contribution is -2.03. The summed E-state index contributed by atoms with van der Waals surface area (Å²) < 4.78 is 39.4. The largest absolute Gasteiger partial charge is 0.377 e. The Morgan fingerprint density at radius 1 is 0.895 bits per heavy atom. The summed E-state index contributed by atoms with van der Waals surface area (Å²) >= 11 is 11.6. The fourth-order valence-electron chi connectivity index (χ4n) is 1.57. The molecule has 0 atom stereocenters. The van der Waals surface area contributed by atoms with E-state index in [0.29, 0.717) is 16.7 Å². The molecular weight excluding hydrogens is 298 g/mol. The van der Waals surface area contributed by atoms with Crippen LogP contribution in [0.5, 0.6) is 0 Å². The average Bonchev–Trinajstić information content (AvgIpc) is 2.32. The van der Waals surface area contributed by atoms with E-state index in [1.165, 1.54) is 18.2 Å². The zero-order valence-electron chi connectivity index (χ0n) is 9.48. The van der Waals surface area contributed by atoms with Gasteiger partial charge < -0.3 is 5.32 Å². The first-order chi connectivity index (χ1) is 8.97. The lowest BCUT2D eigenvalue weighted by molar-refractivity contribution is 0.585. The molecule has 0 radical (unpaired) electrons. The summed E-state index contributed by atoms with van der Waals surface area (Å²) in [5, 5.41) is 2.92. The summed E-state index contributed by atoms with van der Waals surface area (Å²) in [6.45, 7) is 0.0683. The molecule has 2 rings (SSSR count). The first kappa shape index (κ1) is 14.0. The molecule has 19 heavy (non-hydrogen) atoms. The molecule has 2 aromatic rings. The zero-order valence-corrected chi connectivity index (χ0v) is 11.0. The van der Waals surface area contributed by atoms with Crippen molar-refractivity contribution in [3.63, 3.8) is 0 Å². The Kier molecular flexibility index (Phi) is 4.22. The van der Waals surface area contributed by atoms with Crippen LogP contribution in [0.2, 0.25) is 10.0 Å². The minimum atomic E-state index is -0.822. The van der Waals surface area contributed by atoms with Gasteiger partial charge in [-0.1, -0.05) is 23.2 Å². The monoisotopic (exact) mass is 305 g/mol. The number of halogens is 5. The summed E-state index contributed by atoms with van der Waals surface area (Å²) in [7, 11) is 0. The number of rotatable bonds is 3. The molecule has 0 aliphatic carbocycles. The standard InChI is InChI=1S/C13H8Cl2F3N/c14-10-2-1-8(16)3-7(10)6-19-13-11(15)4-9(17)5-12(13)18/h1-5,19H,6H2. The van der Waals surface area contributed by atoms with Crippen molar-refractivity contribution in [3.05, 3.63) is 63.4 Å². The average molecular weight is 306 g/mol. The highest BCUT2D eigenvalue weighted by Crippen LogP contribution is 2.27. The second-order valence-corrected chi connectivity index (χ2v) is 4.65. The fourth-order valence-corrected chi connectivity index (χ4v) is 2.02. The van der Waals surface area contributed by atoms with Crippen LogP contribution in [-0.2, 0) is 6.54 Å². The predicted molar refractivity (Wildman–Crippen MR) is 70.1 cm³/mol.